The third kappa shape index (κ3) is 4.03. The van der Waals surface area contributed by atoms with Crippen molar-refractivity contribution in [1.29, 1.82) is 0 Å². The minimum Gasteiger partial charge on any atom is -0.383 e. The van der Waals surface area contributed by atoms with Crippen LogP contribution in [0.2, 0.25) is 0 Å². The molecule has 1 aliphatic rings. The normalized spacial score (nSPS) is 15.8. The predicted octanol–water partition coefficient (Wildman–Crippen LogP) is 0.971. The third-order valence-corrected chi connectivity index (χ3v) is 4.17. The van der Waals surface area contributed by atoms with Crippen LogP contribution in [0.4, 0.5) is 0 Å². The van der Waals surface area contributed by atoms with Gasteiger partial charge in [-0.25, -0.2) is 0 Å². The van der Waals surface area contributed by atoms with Gasteiger partial charge in [-0.1, -0.05) is 13.8 Å². The van der Waals surface area contributed by atoms with E-state index in [0.29, 0.717) is 36.4 Å². The van der Waals surface area contributed by atoms with E-state index >= 15 is 0 Å². The molecule has 1 aliphatic carbocycles. The number of ketones is 1. The van der Waals surface area contributed by atoms with E-state index < -0.39 is 0 Å². The van der Waals surface area contributed by atoms with Crippen molar-refractivity contribution in [3.8, 4) is 0 Å². The van der Waals surface area contributed by atoms with Crippen molar-refractivity contribution in [1.82, 2.24) is 15.6 Å². The smallest absolute Gasteiger partial charge is 0.268 e. The van der Waals surface area contributed by atoms with E-state index in [9.17, 15) is 14.4 Å². The third-order valence-electron chi connectivity index (χ3n) is 4.17. The number of carbonyl (C=O) groups is 3. The van der Waals surface area contributed by atoms with Gasteiger partial charge in [-0.2, -0.15) is 0 Å². The molecule has 24 heavy (non-hydrogen) atoms. The first-order valence-electron chi connectivity index (χ1n) is 8.03. The number of ether oxygens (including phenoxy) is 1. The van der Waals surface area contributed by atoms with Crippen LogP contribution in [-0.2, 0) is 16.0 Å². The summed E-state index contributed by atoms with van der Waals surface area (Å²) in [4.78, 5) is 39.4. The summed E-state index contributed by atoms with van der Waals surface area (Å²) in [7, 11) is 1.55. The van der Waals surface area contributed by atoms with Crippen LogP contribution in [0.1, 0.15) is 52.4 Å². The van der Waals surface area contributed by atoms with E-state index in [1.807, 2.05) is 13.8 Å². The predicted molar refractivity (Wildman–Crippen MR) is 89.2 cm³/mol. The van der Waals surface area contributed by atoms with E-state index in [1.165, 1.54) is 0 Å². The Kier molecular flexibility index (Phi) is 5.43. The van der Waals surface area contributed by atoms with E-state index in [4.69, 9.17) is 4.74 Å². The zero-order valence-electron chi connectivity index (χ0n) is 14.7. The number of Topliss-reactive ketones (excluding diaryl/α,β-unsaturated/α-hetero) is 1. The number of hydrogen-bond acceptors (Lipinski definition) is 4. The lowest BCUT2D eigenvalue weighted by molar-refractivity contribution is -0.120. The standard InChI is InChI=1S/C17H25N3O4/c1-10-14-11(7-17(2,3)8-12(14)21)20-15(10)16(23)19-9-13(22)18-5-6-24-4/h20H,5-9H2,1-4H3,(H,18,22)(H,19,23). The number of aromatic amines is 1. The molecule has 2 amide bonds. The number of rotatable bonds is 6. The quantitative estimate of drug-likeness (QED) is 0.674. The number of methoxy groups -OCH3 is 1. The molecule has 0 radical (unpaired) electrons. The molecule has 1 aromatic rings. The second-order valence-corrected chi connectivity index (χ2v) is 6.94. The van der Waals surface area contributed by atoms with Crippen LogP contribution in [0, 0.1) is 12.3 Å². The number of aromatic nitrogens is 1. The molecule has 132 valence electrons. The van der Waals surface area contributed by atoms with Gasteiger partial charge in [0.2, 0.25) is 5.91 Å². The number of amides is 2. The van der Waals surface area contributed by atoms with E-state index in [-0.39, 0.29) is 29.6 Å². The Balaban J connectivity index is 2.04. The highest BCUT2D eigenvalue weighted by atomic mass is 16.5. The Labute approximate surface area is 141 Å². The first kappa shape index (κ1) is 18.2. The Bertz CT molecular complexity index is 661. The molecule has 1 heterocycles. The average molecular weight is 335 g/mol. The molecule has 2 rings (SSSR count). The van der Waals surface area contributed by atoms with Gasteiger partial charge in [0.25, 0.3) is 5.91 Å². The van der Waals surface area contributed by atoms with Crippen LogP contribution in [-0.4, -0.2) is 49.4 Å². The van der Waals surface area contributed by atoms with Gasteiger partial charge < -0.3 is 20.4 Å². The monoisotopic (exact) mass is 335 g/mol. The van der Waals surface area contributed by atoms with Gasteiger partial charge in [0, 0.05) is 31.3 Å². The van der Waals surface area contributed by atoms with E-state index in [0.717, 1.165) is 12.1 Å². The fourth-order valence-electron chi connectivity index (χ4n) is 3.06. The fourth-order valence-corrected chi connectivity index (χ4v) is 3.06. The number of H-pyrrole nitrogens is 1. The summed E-state index contributed by atoms with van der Waals surface area (Å²) in [6.45, 7) is 6.52. The van der Waals surface area contributed by atoms with Gasteiger partial charge in [-0.05, 0) is 24.3 Å². The Morgan fingerprint density at radius 2 is 1.96 bits per heavy atom. The van der Waals surface area contributed by atoms with Crippen LogP contribution < -0.4 is 10.6 Å². The first-order chi connectivity index (χ1) is 11.2. The molecular formula is C17H25N3O4. The Morgan fingerprint density at radius 3 is 2.62 bits per heavy atom. The summed E-state index contributed by atoms with van der Waals surface area (Å²) in [5.74, 6) is -0.604. The average Bonchev–Trinajstić information content (AvgIpc) is 2.80. The highest BCUT2D eigenvalue weighted by Crippen LogP contribution is 2.36. The summed E-state index contributed by atoms with van der Waals surface area (Å²) in [5, 5.41) is 5.21. The number of fused-ring (bicyclic) bond motifs is 1. The van der Waals surface area contributed by atoms with Crippen molar-refractivity contribution in [2.45, 2.75) is 33.6 Å². The number of carbonyl (C=O) groups excluding carboxylic acids is 3. The molecule has 0 atom stereocenters. The molecule has 7 heteroatoms. The second kappa shape index (κ2) is 7.17. The molecule has 1 aromatic heterocycles. The molecular weight excluding hydrogens is 310 g/mol. The molecule has 0 spiro atoms. The molecule has 0 saturated heterocycles. The number of nitrogens with one attached hydrogen (secondary N) is 3. The maximum atomic E-state index is 12.3. The molecule has 0 fully saturated rings. The van der Waals surface area contributed by atoms with Crippen LogP contribution in [0.15, 0.2) is 0 Å². The van der Waals surface area contributed by atoms with Gasteiger partial charge in [0.05, 0.1) is 13.2 Å². The van der Waals surface area contributed by atoms with E-state index in [2.05, 4.69) is 15.6 Å². The second-order valence-electron chi connectivity index (χ2n) is 6.94. The molecule has 0 bridgehead atoms. The lowest BCUT2D eigenvalue weighted by atomic mass is 9.75. The van der Waals surface area contributed by atoms with Crippen LogP contribution in [0.3, 0.4) is 0 Å². The van der Waals surface area contributed by atoms with Gasteiger partial charge in [0.15, 0.2) is 5.78 Å². The summed E-state index contributed by atoms with van der Waals surface area (Å²) in [5.41, 5.74) is 2.34. The number of hydrogen-bond donors (Lipinski definition) is 3. The summed E-state index contributed by atoms with van der Waals surface area (Å²) in [6.07, 6.45) is 1.20. The molecule has 0 saturated carbocycles. The van der Waals surface area contributed by atoms with Crippen molar-refractivity contribution in [3.63, 3.8) is 0 Å². The lowest BCUT2D eigenvalue weighted by Crippen LogP contribution is -2.38. The zero-order chi connectivity index (χ0) is 17.9. The van der Waals surface area contributed by atoms with Crippen LogP contribution in [0.5, 0.6) is 0 Å². The largest absolute Gasteiger partial charge is 0.383 e. The summed E-state index contributed by atoms with van der Waals surface area (Å²) >= 11 is 0. The summed E-state index contributed by atoms with van der Waals surface area (Å²) < 4.78 is 4.84. The van der Waals surface area contributed by atoms with Crippen molar-refractivity contribution in [2.24, 2.45) is 5.41 Å². The Morgan fingerprint density at radius 1 is 1.25 bits per heavy atom. The zero-order valence-corrected chi connectivity index (χ0v) is 14.7. The van der Waals surface area contributed by atoms with Gasteiger partial charge >= 0.3 is 0 Å². The molecule has 3 N–H and O–H groups in total. The molecule has 0 unspecified atom stereocenters. The molecule has 7 nitrogen and oxygen atoms in total. The minimum atomic E-state index is -0.380. The van der Waals surface area contributed by atoms with Crippen LogP contribution in [0.25, 0.3) is 0 Å². The first-order valence-corrected chi connectivity index (χ1v) is 8.03. The highest BCUT2D eigenvalue weighted by molar-refractivity contribution is 6.05. The van der Waals surface area contributed by atoms with Crippen molar-refractivity contribution >= 4 is 17.6 Å². The van der Waals surface area contributed by atoms with Gasteiger partial charge in [-0.15, -0.1) is 0 Å². The topological polar surface area (TPSA) is 100 Å². The van der Waals surface area contributed by atoms with Crippen molar-refractivity contribution in [2.75, 3.05) is 26.8 Å². The Hall–Kier alpha value is -2.15. The molecule has 0 aliphatic heterocycles. The van der Waals surface area contributed by atoms with Crippen LogP contribution >= 0.6 is 0 Å². The lowest BCUT2D eigenvalue weighted by Gasteiger charge is -2.28. The van der Waals surface area contributed by atoms with Crippen molar-refractivity contribution in [3.05, 3.63) is 22.5 Å². The SMILES string of the molecule is COCCNC(=O)CNC(=O)c1[nH]c2c(c1C)C(=O)CC(C)(C)C2. The minimum absolute atomic E-state index is 0.0614. The van der Waals surface area contributed by atoms with Gasteiger partial charge in [-0.3, -0.25) is 14.4 Å². The fraction of sp³-hybridized carbons (Fsp3) is 0.588. The highest BCUT2D eigenvalue weighted by Gasteiger charge is 2.35. The van der Waals surface area contributed by atoms with E-state index in [1.54, 1.807) is 14.0 Å². The van der Waals surface area contributed by atoms with Gasteiger partial charge in [0.1, 0.15) is 5.69 Å². The maximum Gasteiger partial charge on any atom is 0.268 e. The summed E-state index contributed by atoms with van der Waals surface area (Å²) in [6, 6.07) is 0. The molecule has 0 aromatic carbocycles. The maximum absolute atomic E-state index is 12.3. The van der Waals surface area contributed by atoms with Crippen molar-refractivity contribution < 1.29 is 19.1 Å².